The van der Waals surface area contributed by atoms with E-state index >= 15 is 0 Å². The van der Waals surface area contributed by atoms with Gasteiger partial charge in [-0.15, -0.1) is 11.3 Å². The van der Waals surface area contributed by atoms with Gasteiger partial charge in [0.25, 0.3) is 5.56 Å². The number of hydrogen-bond donors (Lipinski definition) is 0. The standard InChI is InChI=1S/C22H13N3O2S/c1-12-6-8-13(9-7-12)17-16-19(24-22-25(21(16)26)10-11-28-22)20-18(23-17)14-4-2-3-5-15(14)27-20/h2-11H,1H3. The number of benzene rings is 2. The first kappa shape index (κ1) is 15.5. The van der Waals surface area contributed by atoms with Gasteiger partial charge in [-0.05, 0) is 19.1 Å². The summed E-state index contributed by atoms with van der Waals surface area (Å²) >= 11 is 1.43. The molecule has 0 atom stereocenters. The first-order valence-electron chi connectivity index (χ1n) is 8.88. The lowest BCUT2D eigenvalue weighted by Gasteiger charge is -2.07. The van der Waals surface area contributed by atoms with Crippen LogP contribution in [0.15, 0.2) is 69.3 Å². The van der Waals surface area contributed by atoms with E-state index in [4.69, 9.17) is 14.4 Å². The molecule has 0 radical (unpaired) electrons. The van der Waals surface area contributed by atoms with E-state index in [-0.39, 0.29) is 5.56 Å². The number of para-hydroxylation sites is 1. The summed E-state index contributed by atoms with van der Waals surface area (Å²) in [6.07, 6.45) is 1.75. The third-order valence-corrected chi connectivity index (χ3v) is 5.79. The highest BCUT2D eigenvalue weighted by molar-refractivity contribution is 7.15. The van der Waals surface area contributed by atoms with Crippen LogP contribution < -0.4 is 5.56 Å². The minimum absolute atomic E-state index is 0.133. The normalized spacial score (nSPS) is 11.9. The van der Waals surface area contributed by atoms with E-state index in [1.807, 2.05) is 60.8 Å². The van der Waals surface area contributed by atoms with Crippen molar-refractivity contribution in [3.63, 3.8) is 0 Å². The van der Waals surface area contributed by atoms with Crippen molar-refractivity contribution in [1.29, 1.82) is 0 Å². The van der Waals surface area contributed by atoms with Crippen molar-refractivity contribution in [2.45, 2.75) is 6.92 Å². The van der Waals surface area contributed by atoms with E-state index in [1.165, 1.54) is 11.3 Å². The maximum Gasteiger partial charge on any atom is 0.268 e. The molecular weight excluding hydrogens is 370 g/mol. The summed E-state index contributed by atoms with van der Waals surface area (Å²) in [4.78, 5) is 23.6. The number of furan rings is 1. The third kappa shape index (κ3) is 2.03. The number of hydrogen-bond acceptors (Lipinski definition) is 5. The molecule has 0 aliphatic rings. The molecule has 0 amide bonds. The van der Waals surface area contributed by atoms with Crippen LogP contribution in [-0.4, -0.2) is 14.4 Å². The molecule has 0 fully saturated rings. The van der Waals surface area contributed by atoms with Crippen LogP contribution in [0.25, 0.3) is 49.2 Å². The molecule has 6 heteroatoms. The minimum Gasteiger partial charge on any atom is -0.452 e. The quantitative estimate of drug-likeness (QED) is 0.393. The number of aromatic nitrogens is 3. The number of fused-ring (bicyclic) bond motifs is 6. The number of thiazole rings is 1. The zero-order chi connectivity index (χ0) is 18.8. The van der Waals surface area contributed by atoms with Gasteiger partial charge in [-0.25, -0.2) is 9.97 Å². The van der Waals surface area contributed by atoms with Crippen molar-refractivity contribution in [2.24, 2.45) is 0 Å². The van der Waals surface area contributed by atoms with E-state index in [0.29, 0.717) is 27.1 Å². The Morgan fingerprint density at radius 2 is 1.82 bits per heavy atom. The van der Waals surface area contributed by atoms with Gasteiger partial charge in [-0.2, -0.15) is 0 Å². The summed E-state index contributed by atoms with van der Waals surface area (Å²) < 4.78 is 7.66. The highest BCUT2D eigenvalue weighted by atomic mass is 32.1. The Kier molecular flexibility index (Phi) is 3.05. The van der Waals surface area contributed by atoms with E-state index in [0.717, 1.165) is 27.6 Å². The third-order valence-electron chi connectivity index (χ3n) is 5.04. The molecule has 0 aliphatic carbocycles. The zero-order valence-electron chi connectivity index (χ0n) is 14.8. The fourth-order valence-corrected chi connectivity index (χ4v) is 4.36. The molecule has 0 spiro atoms. The Hall–Kier alpha value is -3.51. The first-order valence-corrected chi connectivity index (χ1v) is 9.76. The van der Waals surface area contributed by atoms with Gasteiger partial charge in [0.2, 0.25) is 0 Å². The van der Waals surface area contributed by atoms with Crippen molar-refractivity contribution in [3.8, 4) is 11.3 Å². The maximum absolute atomic E-state index is 13.3. The summed E-state index contributed by atoms with van der Waals surface area (Å²) in [6, 6.07) is 15.8. The molecule has 5 nitrogen and oxygen atoms in total. The Balaban J connectivity index is 1.90. The second-order valence-electron chi connectivity index (χ2n) is 6.80. The predicted octanol–water partition coefficient (Wildman–Crippen LogP) is 5.18. The van der Waals surface area contributed by atoms with Gasteiger partial charge in [0.05, 0.1) is 11.1 Å². The number of nitrogens with zero attached hydrogens (tertiary/aromatic N) is 3. The minimum atomic E-state index is -0.133. The van der Waals surface area contributed by atoms with E-state index < -0.39 is 0 Å². The molecule has 4 aromatic heterocycles. The van der Waals surface area contributed by atoms with Crippen molar-refractivity contribution in [2.75, 3.05) is 0 Å². The van der Waals surface area contributed by atoms with Crippen LogP contribution in [0.2, 0.25) is 0 Å². The van der Waals surface area contributed by atoms with E-state index in [9.17, 15) is 4.79 Å². The summed E-state index contributed by atoms with van der Waals surface area (Å²) in [5.41, 5.74) is 5.12. The maximum atomic E-state index is 13.3. The van der Waals surface area contributed by atoms with Crippen LogP contribution in [0.5, 0.6) is 0 Å². The molecule has 6 aromatic rings. The topological polar surface area (TPSA) is 60.4 Å². The monoisotopic (exact) mass is 383 g/mol. The molecule has 2 aromatic carbocycles. The number of pyridine rings is 1. The molecule has 0 saturated carbocycles. The van der Waals surface area contributed by atoms with Crippen molar-refractivity contribution in [3.05, 3.63) is 76.0 Å². The molecule has 0 unspecified atom stereocenters. The summed E-state index contributed by atoms with van der Waals surface area (Å²) in [6.45, 7) is 2.04. The lowest BCUT2D eigenvalue weighted by atomic mass is 10.0. The molecular formula is C22H13N3O2S. The Morgan fingerprint density at radius 3 is 2.68 bits per heavy atom. The molecule has 0 N–H and O–H groups in total. The fourth-order valence-electron chi connectivity index (χ4n) is 3.65. The predicted molar refractivity (Wildman–Crippen MR) is 112 cm³/mol. The molecule has 28 heavy (non-hydrogen) atoms. The zero-order valence-corrected chi connectivity index (χ0v) is 15.7. The summed E-state index contributed by atoms with van der Waals surface area (Å²) in [5.74, 6) is 0. The van der Waals surface area contributed by atoms with Gasteiger partial charge >= 0.3 is 0 Å². The smallest absolute Gasteiger partial charge is 0.268 e. The second kappa shape index (κ2) is 5.50. The number of rotatable bonds is 1. The largest absolute Gasteiger partial charge is 0.452 e. The molecule has 4 heterocycles. The Labute approximate surface area is 162 Å². The Morgan fingerprint density at radius 1 is 1.00 bits per heavy atom. The second-order valence-corrected chi connectivity index (χ2v) is 7.67. The summed E-state index contributed by atoms with van der Waals surface area (Å²) in [7, 11) is 0. The van der Waals surface area contributed by atoms with Gasteiger partial charge in [0.15, 0.2) is 10.5 Å². The van der Waals surface area contributed by atoms with Crippen molar-refractivity contribution >= 4 is 49.3 Å². The van der Waals surface area contributed by atoms with E-state index in [1.54, 1.807) is 10.6 Å². The van der Waals surface area contributed by atoms with Crippen LogP contribution in [0, 0.1) is 6.92 Å². The lowest BCUT2D eigenvalue weighted by molar-refractivity contribution is 0.671. The van der Waals surface area contributed by atoms with Gasteiger partial charge < -0.3 is 4.42 Å². The average molecular weight is 383 g/mol. The van der Waals surface area contributed by atoms with Crippen molar-refractivity contribution in [1.82, 2.24) is 14.4 Å². The van der Waals surface area contributed by atoms with Crippen LogP contribution in [-0.2, 0) is 0 Å². The van der Waals surface area contributed by atoms with Gasteiger partial charge in [0, 0.05) is 22.5 Å². The average Bonchev–Trinajstić information content (AvgIpc) is 3.33. The Bertz CT molecular complexity index is 1590. The van der Waals surface area contributed by atoms with E-state index in [2.05, 4.69) is 0 Å². The van der Waals surface area contributed by atoms with Gasteiger partial charge in [-0.1, -0.05) is 42.0 Å². The molecule has 6 rings (SSSR count). The molecule has 0 aliphatic heterocycles. The summed E-state index contributed by atoms with van der Waals surface area (Å²) in [5, 5.41) is 3.25. The van der Waals surface area contributed by atoms with Crippen LogP contribution in [0.4, 0.5) is 0 Å². The fraction of sp³-hybridized carbons (Fsp3) is 0.0455. The highest BCUT2D eigenvalue weighted by Gasteiger charge is 2.21. The highest BCUT2D eigenvalue weighted by Crippen LogP contribution is 2.35. The van der Waals surface area contributed by atoms with Crippen molar-refractivity contribution < 1.29 is 4.42 Å². The van der Waals surface area contributed by atoms with Crippen LogP contribution in [0.3, 0.4) is 0 Å². The molecule has 0 bridgehead atoms. The molecule has 0 saturated heterocycles. The van der Waals surface area contributed by atoms with Crippen LogP contribution in [0.1, 0.15) is 5.56 Å². The van der Waals surface area contributed by atoms with Crippen LogP contribution >= 0.6 is 11.3 Å². The van der Waals surface area contributed by atoms with Gasteiger partial charge in [-0.3, -0.25) is 9.20 Å². The lowest BCUT2D eigenvalue weighted by Crippen LogP contribution is -2.14. The number of aryl methyl sites for hydroxylation is 1. The first-order chi connectivity index (χ1) is 13.7. The molecule has 134 valence electrons. The SMILES string of the molecule is Cc1ccc(-c2nc3c4ccccc4oc3c3nc4sccn4c(=O)c23)cc1. The van der Waals surface area contributed by atoms with Gasteiger partial charge in [0.1, 0.15) is 16.6 Å².